The quantitative estimate of drug-likeness (QED) is 0.633. The summed E-state index contributed by atoms with van der Waals surface area (Å²) in [5, 5.41) is 2.53. The Kier molecular flexibility index (Phi) is 2.44. The molecule has 1 heterocycles. The summed E-state index contributed by atoms with van der Waals surface area (Å²) in [6, 6.07) is 3.54. The average molecular weight is 184 g/mol. The van der Waals surface area contributed by atoms with Crippen molar-refractivity contribution < 1.29 is 9.59 Å². The molecule has 0 bridgehead atoms. The van der Waals surface area contributed by atoms with Gasteiger partial charge in [-0.1, -0.05) is 0 Å². The number of amides is 2. The molecule has 1 aromatic heterocycles. The van der Waals surface area contributed by atoms with Crippen LogP contribution in [0.15, 0.2) is 17.5 Å². The molecule has 0 spiro atoms. The number of thiophene rings is 1. The third-order valence-corrected chi connectivity index (χ3v) is 2.30. The van der Waals surface area contributed by atoms with Crippen LogP contribution in [0.25, 0.3) is 0 Å². The summed E-state index contributed by atoms with van der Waals surface area (Å²) in [4.78, 5) is 22.7. The van der Waals surface area contributed by atoms with Gasteiger partial charge in [-0.05, 0) is 17.5 Å². The van der Waals surface area contributed by atoms with Gasteiger partial charge in [0, 0.05) is 7.05 Å². The Morgan fingerprint density at radius 2 is 2.25 bits per heavy atom. The van der Waals surface area contributed by atoms with E-state index in [0.717, 1.165) is 0 Å². The molecule has 5 heteroatoms. The molecule has 64 valence electrons. The van der Waals surface area contributed by atoms with E-state index in [2.05, 4.69) is 0 Å². The Labute approximate surface area is 73.6 Å². The van der Waals surface area contributed by atoms with Crippen LogP contribution < -0.4 is 10.6 Å². The normalized spacial score (nSPS) is 9.42. The second-order valence-electron chi connectivity index (χ2n) is 2.18. The minimum absolute atomic E-state index is 0.697. The van der Waals surface area contributed by atoms with Gasteiger partial charge >= 0.3 is 11.8 Å². The van der Waals surface area contributed by atoms with Gasteiger partial charge in [-0.15, -0.1) is 11.3 Å². The van der Waals surface area contributed by atoms with Crippen molar-refractivity contribution in [3.05, 3.63) is 17.5 Å². The van der Waals surface area contributed by atoms with Gasteiger partial charge in [0.1, 0.15) is 0 Å². The summed E-state index contributed by atoms with van der Waals surface area (Å²) >= 11 is 1.37. The fourth-order valence-corrected chi connectivity index (χ4v) is 1.42. The van der Waals surface area contributed by atoms with Crippen LogP contribution in [0.1, 0.15) is 0 Å². The minimum atomic E-state index is -0.939. The zero-order chi connectivity index (χ0) is 9.14. The lowest BCUT2D eigenvalue weighted by atomic mass is 10.5. The predicted molar refractivity (Wildman–Crippen MR) is 46.9 cm³/mol. The van der Waals surface area contributed by atoms with Crippen LogP contribution in [0.3, 0.4) is 0 Å². The summed E-state index contributed by atoms with van der Waals surface area (Å²) in [7, 11) is 1.51. The van der Waals surface area contributed by atoms with Crippen molar-refractivity contribution in [3.63, 3.8) is 0 Å². The highest BCUT2D eigenvalue weighted by Crippen LogP contribution is 2.19. The van der Waals surface area contributed by atoms with Crippen LogP contribution in [-0.4, -0.2) is 18.9 Å². The maximum absolute atomic E-state index is 11.0. The number of carbonyl (C=O) groups is 2. The molecule has 1 rings (SSSR count). The third kappa shape index (κ3) is 1.62. The van der Waals surface area contributed by atoms with Gasteiger partial charge in [0.2, 0.25) is 0 Å². The van der Waals surface area contributed by atoms with Crippen LogP contribution in [0.5, 0.6) is 0 Å². The number of hydrogen-bond acceptors (Lipinski definition) is 3. The highest BCUT2D eigenvalue weighted by Gasteiger charge is 2.16. The second-order valence-corrected chi connectivity index (χ2v) is 3.11. The molecule has 0 saturated heterocycles. The number of carbonyl (C=O) groups excluding carboxylic acids is 2. The number of primary amides is 1. The molecule has 0 aliphatic carbocycles. The van der Waals surface area contributed by atoms with Crippen LogP contribution in [0.4, 0.5) is 5.00 Å². The summed E-state index contributed by atoms with van der Waals surface area (Å²) in [5.41, 5.74) is 4.82. The fraction of sp³-hybridized carbons (Fsp3) is 0.143. The first-order valence-corrected chi connectivity index (χ1v) is 4.12. The number of likely N-dealkylation sites (N-methyl/N-ethyl adjacent to an activating group) is 1. The molecule has 0 radical (unpaired) electrons. The first-order valence-electron chi connectivity index (χ1n) is 3.24. The van der Waals surface area contributed by atoms with E-state index >= 15 is 0 Å². The van der Waals surface area contributed by atoms with E-state index in [9.17, 15) is 9.59 Å². The van der Waals surface area contributed by atoms with Crippen molar-refractivity contribution >= 4 is 28.2 Å². The predicted octanol–water partition coefficient (Wildman–Crippen LogP) is 0.196. The van der Waals surface area contributed by atoms with Gasteiger partial charge in [-0.2, -0.15) is 0 Å². The molecule has 12 heavy (non-hydrogen) atoms. The SMILES string of the molecule is CN(C(=O)C(N)=O)c1cccs1. The Morgan fingerprint density at radius 1 is 1.58 bits per heavy atom. The molecule has 4 nitrogen and oxygen atoms in total. The molecule has 0 atom stereocenters. The van der Waals surface area contributed by atoms with Crippen molar-refractivity contribution in [2.75, 3.05) is 11.9 Å². The lowest BCUT2D eigenvalue weighted by Gasteiger charge is -2.11. The molecule has 1 aromatic rings. The molecule has 2 N–H and O–H groups in total. The second kappa shape index (κ2) is 3.36. The third-order valence-electron chi connectivity index (χ3n) is 1.35. The molecule has 0 aliphatic heterocycles. The number of nitrogens with zero attached hydrogens (tertiary/aromatic N) is 1. The Balaban J connectivity index is 2.79. The molecular formula is C7H8N2O2S. The molecule has 0 fully saturated rings. The van der Waals surface area contributed by atoms with Gasteiger partial charge < -0.3 is 5.73 Å². The summed E-state index contributed by atoms with van der Waals surface area (Å²) in [5.74, 6) is -1.64. The molecule has 0 aromatic carbocycles. The maximum Gasteiger partial charge on any atom is 0.316 e. The molecule has 0 unspecified atom stereocenters. The highest BCUT2D eigenvalue weighted by molar-refractivity contribution is 7.14. The fourth-order valence-electron chi connectivity index (χ4n) is 0.726. The summed E-state index contributed by atoms with van der Waals surface area (Å²) < 4.78 is 0. The number of anilines is 1. The first kappa shape index (κ1) is 8.73. The highest BCUT2D eigenvalue weighted by atomic mass is 32.1. The van der Waals surface area contributed by atoms with Crippen LogP contribution in [-0.2, 0) is 9.59 Å². The average Bonchev–Trinajstić information content (AvgIpc) is 2.53. The van der Waals surface area contributed by atoms with Crippen molar-refractivity contribution in [3.8, 4) is 0 Å². The first-order chi connectivity index (χ1) is 5.63. The zero-order valence-electron chi connectivity index (χ0n) is 6.48. The van der Waals surface area contributed by atoms with Gasteiger partial charge in [-0.25, -0.2) is 0 Å². The molecule has 0 aliphatic rings. The molecule has 2 amide bonds. The van der Waals surface area contributed by atoms with E-state index in [0.29, 0.717) is 5.00 Å². The van der Waals surface area contributed by atoms with Crippen LogP contribution in [0, 0.1) is 0 Å². The topological polar surface area (TPSA) is 63.4 Å². The van der Waals surface area contributed by atoms with E-state index in [-0.39, 0.29) is 0 Å². The molecular weight excluding hydrogens is 176 g/mol. The van der Waals surface area contributed by atoms with Gasteiger partial charge in [-0.3, -0.25) is 14.5 Å². The number of hydrogen-bond donors (Lipinski definition) is 1. The number of rotatable bonds is 1. The lowest BCUT2D eigenvalue weighted by molar-refractivity contribution is -0.135. The monoisotopic (exact) mass is 184 g/mol. The van der Waals surface area contributed by atoms with E-state index < -0.39 is 11.8 Å². The Bertz CT molecular complexity index is 294. The summed E-state index contributed by atoms with van der Waals surface area (Å²) in [6.07, 6.45) is 0. The van der Waals surface area contributed by atoms with Crippen LogP contribution in [0.2, 0.25) is 0 Å². The summed E-state index contributed by atoms with van der Waals surface area (Å²) in [6.45, 7) is 0. The van der Waals surface area contributed by atoms with Gasteiger partial charge in [0.15, 0.2) is 0 Å². The Hall–Kier alpha value is -1.36. The Morgan fingerprint density at radius 3 is 2.67 bits per heavy atom. The van der Waals surface area contributed by atoms with E-state index in [1.54, 1.807) is 12.1 Å². The smallest absolute Gasteiger partial charge is 0.316 e. The van der Waals surface area contributed by atoms with E-state index in [1.165, 1.54) is 23.3 Å². The van der Waals surface area contributed by atoms with Crippen molar-refractivity contribution in [2.45, 2.75) is 0 Å². The van der Waals surface area contributed by atoms with Crippen molar-refractivity contribution in [1.29, 1.82) is 0 Å². The minimum Gasteiger partial charge on any atom is -0.361 e. The van der Waals surface area contributed by atoms with Crippen LogP contribution >= 0.6 is 11.3 Å². The standard InChI is InChI=1S/C7H8N2O2S/c1-9(7(11)6(8)10)5-3-2-4-12-5/h2-4H,1H3,(H2,8,10). The zero-order valence-corrected chi connectivity index (χ0v) is 7.30. The van der Waals surface area contributed by atoms with Crippen molar-refractivity contribution in [2.24, 2.45) is 5.73 Å². The molecule has 0 saturated carbocycles. The van der Waals surface area contributed by atoms with E-state index in [1.807, 2.05) is 5.38 Å². The number of nitrogens with two attached hydrogens (primary N) is 1. The van der Waals surface area contributed by atoms with E-state index in [4.69, 9.17) is 5.73 Å². The van der Waals surface area contributed by atoms with Crippen molar-refractivity contribution in [1.82, 2.24) is 0 Å². The van der Waals surface area contributed by atoms with Gasteiger partial charge in [0.25, 0.3) is 0 Å². The maximum atomic E-state index is 11.0. The lowest BCUT2D eigenvalue weighted by Crippen LogP contribution is -2.37. The van der Waals surface area contributed by atoms with Gasteiger partial charge in [0.05, 0.1) is 5.00 Å². The largest absolute Gasteiger partial charge is 0.361 e.